The molecule has 0 aliphatic rings. The summed E-state index contributed by atoms with van der Waals surface area (Å²) in [7, 11) is 0. The van der Waals surface area contributed by atoms with Gasteiger partial charge in [0.15, 0.2) is 0 Å². The van der Waals surface area contributed by atoms with Crippen molar-refractivity contribution < 1.29 is 9.84 Å². The van der Waals surface area contributed by atoms with Crippen LogP contribution >= 0.6 is 0 Å². The Bertz CT molecular complexity index is 726. The van der Waals surface area contributed by atoms with Crippen LogP contribution in [0.3, 0.4) is 0 Å². The van der Waals surface area contributed by atoms with E-state index in [1.165, 1.54) is 0 Å². The number of aliphatic hydroxyl groups excluding tert-OH is 1. The molecule has 0 spiro atoms. The Morgan fingerprint density at radius 2 is 1.76 bits per heavy atom. The van der Waals surface area contributed by atoms with E-state index in [0.717, 1.165) is 22.0 Å². The lowest BCUT2D eigenvalue weighted by Crippen LogP contribution is -1.98. The maximum atomic E-state index is 9.10. The molecular formula is C18H17NO2. The van der Waals surface area contributed by atoms with Crippen LogP contribution in [0.4, 0.5) is 0 Å². The minimum Gasteiger partial charge on any atom is -0.473 e. The normalized spacial score (nSPS) is 10.7. The second-order valence-corrected chi connectivity index (χ2v) is 4.88. The van der Waals surface area contributed by atoms with Gasteiger partial charge < -0.3 is 9.84 Å². The Balaban J connectivity index is 1.81. The average Bonchev–Trinajstić information content (AvgIpc) is 2.54. The first-order chi connectivity index (χ1) is 10.4. The molecule has 2 aromatic carbocycles. The number of hydrogen-bond donors (Lipinski definition) is 1. The molecule has 0 bridgehead atoms. The third-order valence-electron chi connectivity index (χ3n) is 3.41. The van der Waals surface area contributed by atoms with Crippen molar-refractivity contribution in [1.82, 2.24) is 4.98 Å². The van der Waals surface area contributed by atoms with Gasteiger partial charge in [0.2, 0.25) is 5.88 Å². The second kappa shape index (κ2) is 6.37. The van der Waals surface area contributed by atoms with Crippen molar-refractivity contribution in [2.45, 2.75) is 13.0 Å². The van der Waals surface area contributed by atoms with Crippen molar-refractivity contribution in [2.24, 2.45) is 0 Å². The molecule has 0 fully saturated rings. The van der Waals surface area contributed by atoms with Crippen LogP contribution in [-0.4, -0.2) is 16.7 Å². The van der Waals surface area contributed by atoms with E-state index in [2.05, 4.69) is 4.98 Å². The van der Waals surface area contributed by atoms with Gasteiger partial charge in [-0.2, -0.15) is 0 Å². The van der Waals surface area contributed by atoms with Crippen molar-refractivity contribution in [3.8, 4) is 5.88 Å². The Hall–Kier alpha value is -2.39. The fourth-order valence-electron chi connectivity index (χ4n) is 2.35. The summed E-state index contributed by atoms with van der Waals surface area (Å²) in [5.41, 5.74) is 3.12. The largest absolute Gasteiger partial charge is 0.473 e. The molecular weight excluding hydrogens is 262 g/mol. The molecule has 1 heterocycles. The molecule has 106 valence electrons. The van der Waals surface area contributed by atoms with Crippen LogP contribution in [0.15, 0.2) is 60.7 Å². The van der Waals surface area contributed by atoms with Crippen LogP contribution in [0.25, 0.3) is 10.9 Å². The first kappa shape index (κ1) is 13.6. The van der Waals surface area contributed by atoms with Gasteiger partial charge in [-0.1, -0.05) is 42.5 Å². The summed E-state index contributed by atoms with van der Waals surface area (Å²) in [4.78, 5) is 4.53. The van der Waals surface area contributed by atoms with Crippen molar-refractivity contribution in [3.05, 3.63) is 71.8 Å². The van der Waals surface area contributed by atoms with Crippen LogP contribution in [0.2, 0.25) is 0 Å². The van der Waals surface area contributed by atoms with Gasteiger partial charge in [-0.15, -0.1) is 0 Å². The summed E-state index contributed by atoms with van der Waals surface area (Å²) in [5.74, 6) is 0.618. The van der Waals surface area contributed by atoms with E-state index in [-0.39, 0.29) is 6.61 Å². The molecule has 3 heteroatoms. The topological polar surface area (TPSA) is 42.4 Å². The SMILES string of the molecule is OCCc1cccc2nc(OCc3ccccc3)ccc12. The monoisotopic (exact) mass is 279 g/mol. The predicted molar refractivity (Wildman–Crippen MR) is 83.3 cm³/mol. The van der Waals surface area contributed by atoms with Crippen LogP contribution in [0, 0.1) is 0 Å². The zero-order valence-electron chi connectivity index (χ0n) is 11.7. The molecule has 1 aromatic heterocycles. The van der Waals surface area contributed by atoms with E-state index in [1.807, 2.05) is 60.7 Å². The maximum absolute atomic E-state index is 9.10. The van der Waals surface area contributed by atoms with Gasteiger partial charge in [0.25, 0.3) is 0 Å². The third-order valence-corrected chi connectivity index (χ3v) is 3.41. The minimum absolute atomic E-state index is 0.144. The van der Waals surface area contributed by atoms with Crippen LogP contribution in [-0.2, 0) is 13.0 Å². The number of benzene rings is 2. The van der Waals surface area contributed by atoms with Crippen LogP contribution < -0.4 is 4.74 Å². The minimum atomic E-state index is 0.144. The summed E-state index contributed by atoms with van der Waals surface area (Å²) in [6, 6.07) is 19.9. The number of fused-ring (bicyclic) bond motifs is 1. The Labute approximate surface area is 123 Å². The van der Waals surface area contributed by atoms with Crippen molar-refractivity contribution in [3.63, 3.8) is 0 Å². The van der Waals surface area contributed by atoms with Crippen molar-refractivity contribution >= 4 is 10.9 Å². The van der Waals surface area contributed by atoms with E-state index in [0.29, 0.717) is 18.9 Å². The van der Waals surface area contributed by atoms with Gasteiger partial charge in [-0.05, 0) is 29.7 Å². The first-order valence-electron chi connectivity index (χ1n) is 7.03. The molecule has 0 unspecified atom stereocenters. The molecule has 1 N–H and O–H groups in total. The molecule has 0 amide bonds. The van der Waals surface area contributed by atoms with E-state index in [9.17, 15) is 0 Å². The molecule has 3 rings (SSSR count). The van der Waals surface area contributed by atoms with Gasteiger partial charge in [0.1, 0.15) is 6.61 Å². The number of ether oxygens (including phenoxy) is 1. The highest BCUT2D eigenvalue weighted by molar-refractivity contribution is 5.82. The van der Waals surface area contributed by atoms with Gasteiger partial charge in [-0.3, -0.25) is 0 Å². The van der Waals surface area contributed by atoms with Crippen LogP contribution in [0.5, 0.6) is 5.88 Å². The third kappa shape index (κ3) is 3.20. The molecule has 0 aliphatic carbocycles. The highest BCUT2D eigenvalue weighted by atomic mass is 16.5. The Morgan fingerprint density at radius 1 is 0.905 bits per heavy atom. The number of aliphatic hydroxyl groups is 1. The lowest BCUT2D eigenvalue weighted by atomic mass is 10.1. The zero-order chi connectivity index (χ0) is 14.5. The summed E-state index contributed by atoms with van der Waals surface area (Å²) < 4.78 is 5.74. The lowest BCUT2D eigenvalue weighted by molar-refractivity contribution is 0.295. The molecule has 0 aliphatic heterocycles. The Morgan fingerprint density at radius 3 is 2.57 bits per heavy atom. The standard InChI is InChI=1S/C18H17NO2/c20-12-11-15-7-4-8-17-16(15)9-10-18(19-17)21-13-14-5-2-1-3-6-14/h1-10,20H,11-13H2. The summed E-state index contributed by atoms with van der Waals surface area (Å²) in [6.45, 7) is 0.654. The molecule has 0 atom stereocenters. The van der Waals surface area contributed by atoms with Gasteiger partial charge in [0, 0.05) is 18.1 Å². The quantitative estimate of drug-likeness (QED) is 0.779. The number of nitrogens with zero attached hydrogens (tertiary/aromatic N) is 1. The molecule has 21 heavy (non-hydrogen) atoms. The summed E-state index contributed by atoms with van der Waals surface area (Å²) in [6.07, 6.45) is 0.642. The highest BCUT2D eigenvalue weighted by Gasteiger charge is 2.04. The van der Waals surface area contributed by atoms with E-state index < -0.39 is 0 Å². The average molecular weight is 279 g/mol. The molecule has 0 saturated carbocycles. The predicted octanol–water partition coefficient (Wildman–Crippen LogP) is 3.35. The fourth-order valence-corrected chi connectivity index (χ4v) is 2.35. The van der Waals surface area contributed by atoms with Gasteiger partial charge in [0.05, 0.1) is 5.52 Å². The number of pyridine rings is 1. The summed E-state index contributed by atoms with van der Waals surface area (Å²) in [5, 5.41) is 10.2. The zero-order valence-corrected chi connectivity index (χ0v) is 11.7. The molecule has 3 nitrogen and oxygen atoms in total. The first-order valence-corrected chi connectivity index (χ1v) is 7.03. The lowest BCUT2D eigenvalue weighted by Gasteiger charge is -2.08. The van der Waals surface area contributed by atoms with E-state index >= 15 is 0 Å². The smallest absolute Gasteiger partial charge is 0.214 e. The van der Waals surface area contributed by atoms with Crippen molar-refractivity contribution in [2.75, 3.05) is 6.61 Å². The number of hydrogen-bond acceptors (Lipinski definition) is 3. The van der Waals surface area contributed by atoms with Crippen molar-refractivity contribution in [1.29, 1.82) is 0 Å². The molecule has 0 saturated heterocycles. The highest BCUT2D eigenvalue weighted by Crippen LogP contribution is 2.21. The Kier molecular flexibility index (Phi) is 4.12. The molecule has 0 radical (unpaired) electrons. The fraction of sp³-hybridized carbons (Fsp3) is 0.167. The van der Waals surface area contributed by atoms with Crippen LogP contribution in [0.1, 0.15) is 11.1 Å². The number of rotatable bonds is 5. The van der Waals surface area contributed by atoms with Gasteiger partial charge >= 0.3 is 0 Å². The second-order valence-electron chi connectivity index (χ2n) is 4.88. The molecule has 3 aromatic rings. The number of aromatic nitrogens is 1. The summed E-state index contributed by atoms with van der Waals surface area (Å²) >= 11 is 0. The van der Waals surface area contributed by atoms with E-state index in [4.69, 9.17) is 9.84 Å². The van der Waals surface area contributed by atoms with E-state index in [1.54, 1.807) is 0 Å². The van der Waals surface area contributed by atoms with Gasteiger partial charge in [-0.25, -0.2) is 4.98 Å². The maximum Gasteiger partial charge on any atom is 0.214 e.